The molecule has 1 amide bonds. The molecule has 0 saturated carbocycles. The van der Waals surface area contributed by atoms with Crippen LogP contribution in [0.5, 0.6) is 0 Å². The molecule has 3 aliphatic heterocycles. The Labute approximate surface area is 168 Å². The van der Waals surface area contributed by atoms with E-state index in [1.807, 2.05) is 41.8 Å². The highest BCUT2D eigenvalue weighted by Gasteiger charge is 2.37. The predicted molar refractivity (Wildman–Crippen MR) is 110 cm³/mol. The van der Waals surface area contributed by atoms with Gasteiger partial charge < -0.3 is 15.8 Å². The maximum atomic E-state index is 13.1. The topological polar surface area (TPSA) is 84.7 Å². The van der Waals surface area contributed by atoms with Crippen LogP contribution in [-0.2, 0) is 9.53 Å². The van der Waals surface area contributed by atoms with Gasteiger partial charge in [-0.3, -0.25) is 14.5 Å². The van der Waals surface area contributed by atoms with E-state index in [9.17, 15) is 9.59 Å². The highest BCUT2D eigenvalue weighted by atomic mass is 32.1. The van der Waals surface area contributed by atoms with Gasteiger partial charge in [0.2, 0.25) is 0 Å². The Morgan fingerprint density at radius 2 is 1.96 bits per heavy atom. The third-order valence-corrected chi connectivity index (χ3v) is 6.66. The minimum atomic E-state index is -0.469. The van der Waals surface area contributed by atoms with Crippen LogP contribution in [-0.4, -0.2) is 49.1 Å². The number of esters is 1. The van der Waals surface area contributed by atoms with E-state index in [4.69, 9.17) is 10.5 Å². The maximum Gasteiger partial charge on any atom is 0.315 e. The van der Waals surface area contributed by atoms with Crippen molar-refractivity contribution in [2.75, 3.05) is 31.5 Å². The fourth-order valence-electron chi connectivity index (χ4n) is 4.15. The molecule has 0 aliphatic carbocycles. The van der Waals surface area contributed by atoms with Gasteiger partial charge in [-0.05, 0) is 48.9 Å². The molecule has 1 aromatic carbocycles. The molecule has 28 heavy (non-hydrogen) atoms. The molecule has 2 bridgehead atoms. The molecular formula is C21H25N3O3S. The van der Waals surface area contributed by atoms with Gasteiger partial charge in [-0.1, -0.05) is 30.3 Å². The molecule has 1 unspecified atom stereocenters. The van der Waals surface area contributed by atoms with E-state index in [0.29, 0.717) is 23.0 Å². The number of primary amides is 1. The fraction of sp³-hybridized carbons (Fsp3) is 0.429. The number of nitrogens with two attached hydrogens (primary N) is 1. The Hall–Kier alpha value is -2.38. The molecule has 1 aromatic heterocycles. The molecule has 0 spiro atoms. The first-order chi connectivity index (χ1) is 13.6. The summed E-state index contributed by atoms with van der Waals surface area (Å²) in [6.07, 6.45) is 2.18. The van der Waals surface area contributed by atoms with Crippen LogP contribution in [0.25, 0.3) is 0 Å². The van der Waals surface area contributed by atoms with Crippen molar-refractivity contribution in [1.82, 2.24) is 4.90 Å². The number of carbonyl (C=O) groups is 2. The quantitative estimate of drug-likeness (QED) is 0.700. The molecule has 6 nitrogen and oxygen atoms in total. The lowest BCUT2D eigenvalue weighted by Gasteiger charge is -2.44. The van der Waals surface area contributed by atoms with Gasteiger partial charge in [0.25, 0.3) is 5.91 Å². The van der Waals surface area contributed by atoms with E-state index in [1.54, 1.807) is 0 Å². The fourth-order valence-corrected chi connectivity index (χ4v) is 4.87. The number of hydrogen-bond donors (Lipinski definition) is 2. The normalized spacial score (nSPS) is 24.5. The first-order valence-electron chi connectivity index (χ1n) is 9.71. The van der Waals surface area contributed by atoms with E-state index in [2.05, 4.69) is 10.2 Å². The van der Waals surface area contributed by atoms with E-state index < -0.39 is 11.8 Å². The summed E-state index contributed by atoms with van der Waals surface area (Å²) in [6.45, 7) is 3.40. The zero-order valence-corrected chi connectivity index (χ0v) is 16.5. The average Bonchev–Trinajstić information content (AvgIpc) is 3.19. The molecule has 3 N–H and O–H groups in total. The molecule has 0 radical (unpaired) electrons. The number of nitrogens with zero attached hydrogens (tertiary/aromatic N) is 1. The van der Waals surface area contributed by atoms with Crippen LogP contribution < -0.4 is 11.1 Å². The van der Waals surface area contributed by atoms with E-state index >= 15 is 0 Å². The highest BCUT2D eigenvalue weighted by Crippen LogP contribution is 2.31. The molecule has 3 fully saturated rings. The lowest BCUT2D eigenvalue weighted by Crippen LogP contribution is -2.52. The molecule has 148 valence electrons. The summed E-state index contributed by atoms with van der Waals surface area (Å²) in [6, 6.07) is 11.5. The monoisotopic (exact) mass is 399 g/mol. The second kappa shape index (κ2) is 8.32. The SMILES string of the molecule is NC(=O)c1sccc1NCC(C(=O)O[C@H]1CN2CCC1CC2)c1ccccc1. The third-order valence-electron chi connectivity index (χ3n) is 5.74. The number of thiophene rings is 1. The first-order valence-corrected chi connectivity index (χ1v) is 10.6. The van der Waals surface area contributed by atoms with Crippen LogP contribution in [0.2, 0.25) is 0 Å². The zero-order valence-electron chi connectivity index (χ0n) is 15.7. The van der Waals surface area contributed by atoms with Gasteiger partial charge >= 0.3 is 5.97 Å². The molecule has 2 aromatic rings. The van der Waals surface area contributed by atoms with E-state index in [0.717, 1.165) is 38.0 Å². The number of ether oxygens (including phenoxy) is 1. The van der Waals surface area contributed by atoms with Crippen molar-refractivity contribution in [1.29, 1.82) is 0 Å². The van der Waals surface area contributed by atoms with Crippen LogP contribution in [0.3, 0.4) is 0 Å². The summed E-state index contributed by atoms with van der Waals surface area (Å²) >= 11 is 1.29. The van der Waals surface area contributed by atoms with Crippen molar-refractivity contribution in [2.24, 2.45) is 11.7 Å². The summed E-state index contributed by atoms with van der Waals surface area (Å²) < 4.78 is 5.98. The number of nitrogens with one attached hydrogen (secondary N) is 1. The largest absolute Gasteiger partial charge is 0.460 e. The summed E-state index contributed by atoms with van der Waals surface area (Å²) in [7, 11) is 0. The number of anilines is 1. The minimum Gasteiger partial charge on any atom is -0.460 e. The number of piperidine rings is 3. The Kier molecular flexibility index (Phi) is 5.64. The lowest BCUT2D eigenvalue weighted by atomic mass is 9.85. The Balaban J connectivity index is 1.48. The third kappa shape index (κ3) is 4.05. The van der Waals surface area contributed by atoms with Crippen molar-refractivity contribution < 1.29 is 14.3 Å². The van der Waals surface area contributed by atoms with Gasteiger partial charge in [0.15, 0.2) is 0 Å². The van der Waals surface area contributed by atoms with Crippen LogP contribution in [0.1, 0.15) is 34.0 Å². The second-order valence-electron chi connectivity index (χ2n) is 7.49. The molecule has 4 heterocycles. The zero-order chi connectivity index (χ0) is 19.5. The van der Waals surface area contributed by atoms with Gasteiger partial charge in [0.05, 0.1) is 11.6 Å². The molecule has 3 aliphatic rings. The van der Waals surface area contributed by atoms with E-state index in [1.165, 1.54) is 11.3 Å². The molecule has 5 rings (SSSR count). The summed E-state index contributed by atoms with van der Waals surface area (Å²) in [5, 5.41) is 5.03. The van der Waals surface area contributed by atoms with Crippen LogP contribution >= 0.6 is 11.3 Å². The smallest absolute Gasteiger partial charge is 0.315 e. The highest BCUT2D eigenvalue weighted by molar-refractivity contribution is 7.12. The molecule has 2 atom stereocenters. The molecule has 7 heteroatoms. The number of rotatable bonds is 7. The van der Waals surface area contributed by atoms with Gasteiger partial charge in [-0.2, -0.15) is 0 Å². The van der Waals surface area contributed by atoms with Gasteiger partial charge in [0.1, 0.15) is 11.0 Å². The van der Waals surface area contributed by atoms with Crippen molar-refractivity contribution in [3.8, 4) is 0 Å². The summed E-state index contributed by atoms with van der Waals surface area (Å²) in [5.74, 6) is -0.661. The number of amides is 1. The average molecular weight is 400 g/mol. The van der Waals surface area contributed by atoms with Crippen LogP contribution in [0, 0.1) is 5.92 Å². The van der Waals surface area contributed by atoms with Crippen LogP contribution in [0.15, 0.2) is 41.8 Å². The van der Waals surface area contributed by atoms with Crippen LogP contribution in [0.4, 0.5) is 5.69 Å². The summed E-state index contributed by atoms with van der Waals surface area (Å²) in [5.41, 5.74) is 6.99. The summed E-state index contributed by atoms with van der Waals surface area (Å²) in [4.78, 5) is 27.5. The first kappa shape index (κ1) is 19.0. The number of carbonyl (C=O) groups excluding carboxylic acids is 2. The Morgan fingerprint density at radius 3 is 2.61 bits per heavy atom. The number of fused-ring (bicyclic) bond motifs is 3. The molecule has 3 saturated heterocycles. The van der Waals surface area contributed by atoms with Gasteiger partial charge in [-0.15, -0.1) is 11.3 Å². The maximum absolute atomic E-state index is 13.1. The Morgan fingerprint density at radius 1 is 1.21 bits per heavy atom. The lowest BCUT2D eigenvalue weighted by molar-refractivity contribution is -0.160. The number of hydrogen-bond acceptors (Lipinski definition) is 6. The van der Waals surface area contributed by atoms with Gasteiger partial charge in [0, 0.05) is 13.1 Å². The second-order valence-corrected chi connectivity index (χ2v) is 8.40. The van der Waals surface area contributed by atoms with Gasteiger partial charge in [-0.25, -0.2) is 0 Å². The van der Waals surface area contributed by atoms with Crippen molar-refractivity contribution >= 4 is 28.9 Å². The van der Waals surface area contributed by atoms with Crippen molar-refractivity contribution in [3.63, 3.8) is 0 Å². The van der Waals surface area contributed by atoms with Crippen molar-refractivity contribution in [2.45, 2.75) is 24.9 Å². The predicted octanol–water partition coefficient (Wildman–Crippen LogP) is 2.68. The number of benzene rings is 1. The van der Waals surface area contributed by atoms with Crippen molar-refractivity contribution in [3.05, 3.63) is 52.2 Å². The Bertz CT molecular complexity index is 830. The molecular weight excluding hydrogens is 374 g/mol. The standard InChI is InChI=1S/C21H25N3O3S/c22-20(25)19-17(8-11-28-19)23-12-16(14-4-2-1-3-5-14)21(26)27-18-13-24-9-6-15(18)7-10-24/h1-5,8,11,15-16,18,23H,6-7,9-10,12-13H2,(H2,22,25)/t16?,18-/m0/s1. The van der Waals surface area contributed by atoms with E-state index in [-0.39, 0.29) is 12.1 Å². The minimum absolute atomic E-state index is 0.0245.